The lowest BCUT2D eigenvalue weighted by atomic mass is 9.98. The normalized spacial score (nSPS) is 16.6. The predicted octanol–water partition coefficient (Wildman–Crippen LogP) is 2.19. The first-order valence-corrected chi connectivity index (χ1v) is 6.60. The lowest BCUT2D eigenvalue weighted by Gasteiger charge is -2.28. The molecule has 1 aromatic rings. The third-order valence-electron chi connectivity index (χ3n) is 3.63. The molecular weight excluding hydrogens is 258 g/mol. The van der Waals surface area contributed by atoms with Gasteiger partial charge in [-0.05, 0) is 45.0 Å². The highest BCUT2D eigenvalue weighted by molar-refractivity contribution is 5.56. The number of nitro benzene ring substituents is 1. The van der Waals surface area contributed by atoms with Crippen molar-refractivity contribution in [2.45, 2.75) is 12.8 Å². The molecule has 0 atom stereocenters. The Morgan fingerprint density at radius 3 is 2.80 bits per heavy atom. The second-order valence-corrected chi connectivity index (χ2v) is 5.08. The van der Waals surface area contributed by atoms with Crippen molar-refractivity contribution in [1.82, 2.24) is 4.90 Å². The van der Waals surface area contributed by atoms with Crippen LogP contribution in [0.4, 0.5) is 5.69 Å². The second kappa shape index (κ2) is 6.35. The molecule has 6 heteroatoms. The van der Waals surface area contributed by atoms with Gasteiger partial charge in [-0.15, -0.1) is 0 Å². The van der Waals surface area contributed by atoms with E-state index in [1.165, 1.54) is 6.07 Å². The molecule has 6 nitrogen and oxygen atoms in total. The Balaban J connectivity index is 2.05. The summed E-state index contributed by atoms with van der Waals surface area (Å²) in [6.07, 6.45) is 2.10. The lowest BCUT2D eigenvalue weighted by molar-refractivity contribution is -0.385. The highest BCUT2D eigenvalue weighted by Gasteiger charge is 2.21. The number of rotatable bonds is 4. The van der Waals surface area contributed by atoms with Crippen LogP contribution in [0.15, 0.2) is 18.2 Å². The molecule has 0 spiro atoms. The molecule has 2 rings (SSSR count). The van der Waals surface area contributed by atoms with Gasteiger partial charge in [0.2, 0.25) is 0 Å². The summed E-state index contributed by atoms with van der Waals surface area (Å²) in [5, 5.41) is 19.9. The first-order chi connectivity index (χ1) is 9.61. The van der Waals surface area contributed by atoms with E-state index in [1.807, 2.05) is 6.07 Å². The molecule has 0 saturated carbocycles. The van der Waals surface area contributed by atoms with Crippen LogP contribution >= 0.6 is 0 Å². The van der Waals surface area contributed by atoms with Crippen LogP contribution in [0, 0.1) is 27.4 Å². The van der Waals surface area contributed by atoms with E-state index in [2.05, 4.69) is 11.9 Å². The summed E-state index contributed by atoms with van der Waals surface area (Å²) >= 11 is 0. The first kappa shape index (κ1) is 14.3. The number of hydrogen-bond acceptors (Lipinski definition) is 5. The van der Waals surface area contributed by atoms with Gasteiger partial charge in [0.1, 0.15) is 11.8 Å². The maximum absolute atomic E-state index is 10.9. The average Bonchev–Trinajstić information content (AvgIpc) is 2.46. The summed E-state index contributed by atoms with van der Waals surface area (Å²) in [6.45, 7) is 2.58. The summed E-state index contributed by atoms with van der Waals surface area (Å²) in [5.41, 5.74) is -0.196. The zero-order chi connectivity index (χ0) is 14.5. The fourth-order valence-electron chi connectivity index (χ4n) is 2.34. The van der Waals surface area contributed by atoms with Crippen LogP contribution in [0.25, 0.3) is 0 Å². The third kappa shape index (κ3) is 3.25. The maximum Gasteiger partial charge on any atom is 0.290 e. The molecule has 1 aromatic carbocycles. The van der Waals surface area contributed by atoms with Crippen molar-refractivity contribution in [3.63, 3.8) is 0 Å². The fourth-order valence-corrected chi connectivity index (χ4v) is 2.34. The van der Waals surface area contributed by atoms with Gasteiger partial charge >= 0.3 is 0 Å². The summed E-state index contributed by atoms with van der Waals surface area (Å²) in [6, 6.07) is 6.34. The predicted molar refractivity (Wildman–Crippen MR) is 73.5 cm³/mol. The van der Waals surface area contributed by atoms with Crippen molar-refractivity contribution in [1.29, 1.82) is 5.26 Å². The highest BCUT2D eigenvalue weighted by atomic mass is 16.6. The molecule has 20 heavy (non-hydrogen) atoms. The van der Waals surface area contributed by atoms with E-state index in [0.29, 0.717) is 18.3 Å². The van der Waals surface area contributed by atoms with E-state index in [4.69, 9.17) is 10.00 Å². The van der Waals surface area contributed by atoms with E-state index >= 15 is 0 Å². The Morgan fingerprint density at radius 1 is 1.50 bits per heavy atom. The molecule has 106 valence electrons. The van der Waals surface area contributed by atoms with Crippen LogP contribution in [0.5, 0.6) is 5.75 Å². The van der Waals surface area contributed by atoms with Gasteiger partial charge in [-0.25, -0.2) is 0 Å². The Labute approximate surface area is 117 Å². The third-order valence-corrected chi connectivity index (χ3v) is 3.63. The molecule has 0 radical (unpaired) electrons. The second-order valence-electron chi connectivity index (χ2n) is 5.08. The van der Waals surface area contributed by atoms with Gasteiger partial charge in [0.15, 0.2) is 5.56 Å². The fraction of sp³-hybridized carbons (Fsp3) is 0.500. The van der Waals surface area contributed by atoms with Gasteiger partial charge in [0.05, 0.1) is 11.5 Å². The minimum Gasteiger partial charge on any atom is -0.492 e. The van der Waals surface area contributed by atoms with Gasteiger partial charge in [0, 0.05) is 6.07 Å². The van der Waals surface area contributed by atoms with Crippen molar-refractivity contribution in [2.75, 3.05) is 26.7 Å². The molecule has 0 aromatic heterocycles. The van der Waals surface area contributed by atoms with Crippen molar-refractivity contribution in [3.05, 3.63) is 33.9 Å². The van der Waals surface area contributed by atoms with Gasteiger partial charge < -0.3 is 9.64 Å². The summed E-state index contributed by atoms with van der Waals surface area (Å²) in [7, 11) is 2.09. The number of likely N-dealkylation sites (tertiary alicyclic amines) is 1. The molecule has 0 aliphatic carbocycles. The van der Waals surface area contributed by atoms with E-state index in [1.54, 1.807) is 12.1 Å². The molecule has 0 unspecified atom stereocenters. The van der Waals surface area contributed by atoms with E-state index in [0.717, 1.165) is 25.9 Å². The molecular formula is C14H17N3O3. The largest absolute Gasteiger partial charge is 0.492 e. The van der Waals surface area contributed by atoms with Crippen LogP contribution in [0.3, 0.4) is 0 Å². The molecule has 0 N–H and O–H groups in total. The monoisotopic (exact) mass is 275 g/mol. The molecule has 1 heterocycles. The quantitative estimate of drug-likeness (QED) is 0.621. The van der Waals surface area contributed by atoms with Gasteiger partial charge in [0.25, 0.3) is 5.69 Å². The van der Waals surface area contributed by atoms with Crippen molar-refractivity contribution in [3.8, 4) is 11.8 Å². The minimum atomic E-state index is -0.555. The van der Waals surface area contributed by atoms with Crippen LogP contribution < -0.4 is 4.74 Å². The molecule has 1 aliphatic rings. The van der Waals surface area contributed by atoms with Crippen LogP contribution in [0.1, 0.15) is 18.4 Å². The van der Waals surface area contributed by atoms with Crippen molar-refractivity contribution >= 4 is 5.69 Å². The number of piperidine rings is 1. The van der Waals surface area contributed by atoms with Gasteiger partial charge in [-0.1, -0.05) is 6.07 Å². The van der Waals surface area contributed by atoms with Gasteiger partial charge in [-0.2, -0.15) is 5.26 Å². The van der Waals surface area contributed by atoms with E-state index < -0.39 is 4.92 Å². The highest BCUT2D eigenvalue weighted by Crippen LogP contribution is 2.28. The molecule has 1 fully saturated rings. The molecule has 1 aliphatic heterocycles. The van der Waals surface area contributed by atoms with E-state index in [9.17, 15) is 10.1 Å². The molecule has 0 bridgehead atoms. The van der Waals surface area contributed by atoms with Gasteiger partial charge in [-0.3, -0.25) is 10.1 Å². The SMILES string of the molecule is CN1CCC(COc2cccc([N+](=O)[O-])c2C#N)CC1. The zero-order valence-corrected chi connectivity index (χ0v) is 11.4. The summed E-state index contributed by atoms with van der Waals surface area (Å²) < 4.78 is 5.65. The minimum absolute atomic E-state index is 0.00503. The Bertz CT molecular complexity index is 531. The molecule has 1 saturated heterocycles. The van der Waals surface area contributed by atoms with E-state index in [-0.39, 0.29) is 11.3 Å². The van der Waals surface area contributed by atoms with Crippen LogP contribution in [0.2, 0.25) is 0 Å². The first-order valence-electron chi connectivity index (χ1n) is 6.60. The number of nitriles is 1. The van der Waals surface area contributed by atoms with Crippen molar-refractivity contribution < 1.29 is 9.66 Å². The Hall–Kier alpha value is -2.13. The summed E-state index contributed by atoms with van der Waals surface area (Å²) in [5.74, 6) is 0.748. The number of ether oxygens (including phenoxy) is 1. The summed E-state index contributed by atoms with van der Waals surface area (Å²) in [4.78, 5) is 12.6. The van der Waals surface area contributed by atoms with Crippen LogP contribution in [-0.2, 0) is 0 Å². The number of hydrogen-bond donors (Lipinski definition) is 0. The zero-order valence-electron chi connectivity index (χ0n) is 11.4. The number of nitrogens with zero attached hydrogens (tertiary/aromatic N) is 3. The smallest absolute Gasteiger partial charge is 0.290 e. The molecule has 0 amide bonds. The van der Waals surface area contributed by atoms with Crippen LogP contribution in [-0.4, -0.2) is 36.6 Å². The Morgan fingerprint density at radius 2 is 2.20 bits per heavy atom. The number of nitro groups is 1. The topological polar surface area (TPSA) is 79.4 Å². The Kier molecular flexibility index (Phi) is 4.53. The standard InChI is InChI=1S/C14H17N3O3/c1-16-7-5-11(6-8-16)10-20-14-4-2-3-13(17(18)19)12(14)9-15/h2-4,11H,5-8,10H2,1H3. The van der Waals surface area contributed by atoms with Crippen molar-refractivity contribution in [2.24, 2.45) is 5.92 Å². The lowest BCUT2D eigenvalue weighted by Crippen LogP contribution is -2.32. The maximum atomic E-state index is 10.9. The average molecular weight is 275 g/mol. The number of benzene rings is 1.